The van der Waals surface area contributed by atoms with Gasteiger partial charge in [-0.05, 0) is 66.8 Å². The maximum Gasteiger partial charge on any atom is 0.325 e. The molecule has 3 amide bonds. The van der Waals surface area contributed by atoms with Crippen LogP contribution in [0.15, 0.2) is 85.1 Å². The average molecular weight is 512 g/mol. The third-order valence-corrected chi connectivity index (χ3v) is 7.08. The first-order valence-corrected chi connectivity index (χ1v) is 13.2. The summed E-state index contributed by atoms with van der Waals surface area (Å²) < 4.78 is 0. The molecule has 37 heavy (non-hydrogen) atoms. The van der Waals surface area contributed by atoms with Crippen molar-refractivity contribution in [3.05, 3.63) is 101 Å². The van der Waals surface area contributed by atoms with Crippen molar-refractivity contribution in [3.63, 3.8) is 0 Å². The fraction of sp³-hybridized carbons (Fsp3) is 0.207. The van der Waals surface area contributed by atoms with E-state index in [9.17, 15) is 9.59 Å². The Labute approximate surface area is 220 Å². The van der Waals surface area contributed by atoms with E-state index < -0.39 is 0 Å². The van der Waals surface area contributed by atoms with Crippen LogP contribution in [-0.2, 0) is 17.6 Å². The molecule has 0 aliphatic carbocycles. The standard InChI is InChI=1S/C29H29N5O2S/c35-27(31-23-11-13-25(14-12-23)34-15-4-5-16-34)19-26-20-30-29(37-26)33-28(36)32-24-10-6-9-22(18-24)17-21-7-2-1-3-8-21/h1-3,6-14,18,20H,4-5,15-17,19H2,(H,31,35)(H2,30,32,33,36). The van der Waals surface area contributed by atoms with Gasteiger partial charge < -0.3 is 15.5 Å². The Morgan fingerprint density at radius 1 is 0.811 bits per heavy atom. The maximum absolute atomic E-state index is 12.5. The molecule has 0 atom stereocenters. The molecule has 0 unspecified atom stereocenters. The Bertz CT molecular complexity index is 1350. The molecular formula is C29H29N5O2S. The van der Waals surface area contributed by atoms with Crippen LogP contribution >= 0.6 is 11.3 Å². The van der Waals surface area contributed by atoms with Crippen molar-refractivity contribution >= 4 is 45.5 Å². The van der Waals surface area contributed by atoms with Gasteiger partial charge in [0, 0.05) is 41.2 Å². The zero-order chi connectivity index (χ0) is 25.5. The van der Waals surface area contributed by atoms with Gasteiger partial charge in [-0.15, -0.1) is 11.3 Å². The van der Waals surface area contributed by atoms with Gasteiger partial charge in [0.2, 0.25) is 5.91 Å². The number of urea groups is 1. The van der Waals surface area contributed by atoms with E-state index in [1.54, 1.807) is 6.20 Å². The third kappa shape index (κ3) is 6.95. The Kier molecular flexibility index (Phi) is 7.76. The smallest absolute Gasteiger partial charge is 0.325 e. The zero-order valence-electron chi connectivity index (χ0n) is 20.4. The number of nitrogens with one attached hydrogen (secondary N) is 3. The molecule has 4 aromatic rings. The minimum Gasteiger partial charge on any atom is -0.372 e. The highest BCUT2D eigenvalue weighted by Crippen LogP contribution is 2.23. The van der Waals surface area contributed by atoms with Crippen LogP contribution in [0.3, 0.4) is 0 Å². The highest BCUT2D eigenvalue weighted by Gasteiger charge is 2.13. The Morgan fingerprint density at radius 2 is 1.57 bits per heavy atom. The zero-order valence-corrected chi connectivity index (χ0v) is 21.3. The molecule has 3 aromatic carbocycles. The van der Waals surface area contributed by atoms with Gasteiger partial charge in [-0.2, -0.15) is 0 Å². The van der Waals surface area contributed by atoms with E-state index in [2.05, 4.69) is 38.0 Å². The van der Waals surface area contributed by atoms with Gasteiger partial charge >= 0.3 is 6.03 Å². The minimum absolute atomic E-state index is 0.121. The topological polar surface area (TPSA) is 86.4 Å². The van der Waals surface area contributed by atoms with Crippen molar-refractivity contribution in [3.8, 4) is 0 Å². The maximum atomic E-state index is 12.5. The Morgan fingerprint density at radius 3 is 2.35 bits per heavy atom. The molecule has 188 valence electrons. The number of carbonyl (C=O) groups is 2. The molecule has 1 aliphatic heterocycles. The lowest BCUT2D eigenvalue weighted by Crippen LogP contribution is -2.19. The molecule has 0 spiro atoms. The van der Waals surface area contributed by atoms with Crippen molar-refractivity contribution < 1.29 is 9.59 Å². The van der Waals surface area contributed by atoms with Crippen LogP contribution in [-0.4, -0.2) is 30.0 Å². The van der Waals surface area contributed by atoms with Crippen LogP contribution < -0.4 is 20.9 Å². The molecular weight excluding hydrogens is 482 g/mol. The molecule has 0 saturated carbocycles. The van der Waals surface area contributed by atoms with Crippen molar-refractivity contribution in [2.45, 2.75) is 25.7 Å². The monoisotopic (exact) mass is 511 g/mol. The van der Waals surface area contributed by atoms with Crippen molar-refractivity contribution in [2.24, 2.45) is 0 Å². The van der Waals surface area contributed by atoms with Gasteiger partial charge in [-0.25, -0.2) is 9.78 Å². The number of nitrogens with zero attached hydrogens (tertiary/aromatic N) is 2. The number of hydrogen-bond acceptors (Lipinski definition) is 5. The number of benzene rings is 3. The number of thiazole rings is 1. The summed E-state index contributed by atoms with van der Waals surface area (Å²) >= 11 is 1.28. The number of rotatable bonds is 8. The van der Waals surface area contributed by atoms with Crippen LogP contribution in [0.1, 0.15) is 28.8 Å². The summed E-state index contributed by atoms with van der Waals surface area (Å²) in [6.45, 7) is 2.18. The van der Waals surface area contributed by atoms with Crippen LogP contribution in [0.2, 0.25) is 0 Å². The lowest BCUT2D eigenvalue weighted by atomic mass is 10.0. The van der Waals surface area contributed by atoms with E-state index in [-0.39, 0.29) is 18.4 Å². The first-order valence-electron chi connectivity index (χ1n) is 12.4. The van der Waals surface area contributed by atoms with Gasteiger partial charge in [0.05, 0.1) is 6.42 Å². The molecule has 0 radical (unpaired) electrons. The lowest BCUT2D eigenvalue weighted by molar-refractivity contribution is -0.115. The molecule has 1 aliphatic rings. The molecule has 5 rings (SSSR count). The highest BCUT2D eigenvalue weighted by atomic mass is 32.1. The number of anilines is 4. The molecule has 8 heteroatoms. The van der Waals surface area contributed by atoms with Crippen LogP contribution in [0.4, 0.5) is 27.0 Å². The second-order valence-electron chi connectivity index (χ2n) is 9.04. The fourth-order valence-electron chi connectivity index (χ4n) is 4.39. The van der Waals surface area contributed by atoms with Gasteiger partial charge in [-0.3, -0.25) is 10.1 Å². The summed E-state index contributed by atoms with van der Waals surface area (Å²) in [6, 6.07) is 25.6. The molecule has 1 saturated heterocycles. The van der Waals surface area contributed by atoms with Gasteiger partial charge in [0.15, 0.2) is 5.13 Å². The van der Waals surface area contributed by atoms with Crippen molar-refractivity contribution in [1.82, 2.24) is 4.98 Å². The number of aromatic nitrogens is 1. The van der Waals surface area contributed by atoms with Gasteiger partial charge in [0.1, 0.15) is 0 Å². The van der Waals surface area contributed by atoms with E-state index >= 15 is 0 Å². The van der Waals surface area contributed by atoms with E-state index in [4.69, 9.17) is 0 Å². The number of amides is 3. The van der Waals surface area contributed by atoms with Crippen LogP contribution in [0.25, 0.3) is 0 Å². The minimum atomic E-state index is -0.375. The van der Waals surface area contributed by atoms with Gasteiger partial charge in [-0.1, -0.05) is 42.5 Å². The summed E-state index contributed by atoms with van der Waals surface area (Å²) in [5.41, 5.74) is 4.98. The van der Waals surface area contributed by atoms with Gasteiger partial charge in [0.25, 0.3) is 0 Å². The van der Waals surface area contributed by atoms with E-state index in [0.29, 0.717) is 10.8 Å². The lowest BCUT2D eigenvalue weighted by Gasteiger charge is -2.17. The summed E-state index contributed by atoms with van der Waals surface area (Å²) in [5, 5.41) is 8.99. The van der Waals surface area contributed by atoms with Crippen LogP contribution in [0.5, 0.6) is 0 Å². The summed E-state index contributed by atoms with van der Waals surface area (Å²) in [5.74, 6) is -0.121. The average Bonchev–Trinajstić information content (AvgIpc) is 3.58. The molecule has 3 N–H and O–H groups in total. The van der Waals surface area contributed by atoms with Crippen molar-refractivity contribution in [1.29, 1.82) is 0 Å². The molecule has 7 nitrogen and oxygen atoms in total. The van der Waals surface area contributed by atoms with E-state index in [1.165, 1.54) is 35.4 Å². The van der Waals surface area contributed by atoms with Crippen LogP contribution in [0, 0.1) is 0 Å². The SMILES string of the molecule is O=C(Cc1cnc(NC(=O)Nc2cccc(Cc3ccccc3)c2)s1)Nc1ccc(N2CCCC2)cc1. The summed E-state index contributed by atoms with van der Waals surface area (Å²) in [7, 11) is 0. The predicted octanol–water partition coefficient (Wildman–Crippen LogP) is 6.16. The molecule has 2 heterocycles. The van der Waals surface area contributed by atoms with E-state index in [0.717, 1.165) is 35.6 Å². The molecule has 1 aromatic heterocycles. The first kappa shape index (κ1) is 24.5. The largest absolute Gasteiger partial charge is 0.372 e. The highest BCUT2D eigenvalue weighted by molar-refractivity contribution is 7.15. The fourth-order valence-corrected chi connectivity index (χ4v) is 5.20. The normalized spacial score (nSPS) is 12.8. The second-order valence-corrected chi connectivity index (χ2v) is 10.2. The second kappa shape index (κ2) is 11.7. The van der Waals surface area contributed by atoms with E-state index in [1.807, 2.05) is 66.7 Å². The third-order valence-electron chi connectivity index (χ3n) is 6.17. The summed E-state index contributed by atoms with van der Waals surface area (Å²) in [6.07, 6.45) is 5.06. The summed E-state index contributed by atoms with van der Waals surface area (Å²) in [4.78, 5) is 32.4. The Balaban J connectivity index is 1.10. The predicted molar refractivity (Wildman–Crippen MR) is 151 cm³/mol. The molecule has 0 bridgehead atoms. The van der Waals surface area contributed by atoms with Crippen molar-refractivity contribution in [2.75, 3.05) is 33.9 Å². The number of carbonyl (C=O) groups excluding carboxylic acids is 2. The molecule has 1 fully saturated rings. The quantitative estimate of drug-likeness (QED) is 0.264. The Hall–Kier alpha value is -4.17. The number of hydrogen-bond donors (Lipinski definition) is 3. The first-order chi connectivity index (χ1) is 18.1.